The van der Waals surface area contributed by atoms with Crippen LogP contribution in [0.4, 0.5) is 0 Å². The van der Waals surface area contributed by atoms with E-state index in [0.717, 1.165) is 19.0 Å². The van der Waals surface area contributed by atoms with Gasteiger partial charge in [0.2, 0.25) is 0 Å². The maximum atomic E-state index is 10.1. The molecule has 1 unspecified atom stereocenters. The minimum Gasteiger partial charge on any atom is -0.467 e. The number of hydrogen-bond acceptors (Lipinski definition) is 3. The van der Waals surface area contributed by atoms with Crippen molar-refractivity contribution in [1.29, 1.82) is 0 Å². The summed E-state index contributed by atoms with van der Waals surface area (Å²) < 4.78 is 5.19. The molecule has 0 amide bonds. The first-order chi connectivity index (χ1) is 10.7. The Bertz CT molecular complexity index is 573. The lowest BCUT2D eigenvalue weighted by Crippen LogP contribution is -2.38. The molecule has 1 aromatic heterocycles. The van der Waals surface area contributed by atoms with Gasteiger partial charge in [-0.3, -0.25) is 0 Å². The van der Waals surface area contributed by atoms with Gasteiger partial charge in [0, 0.05) is 20.1 Å². The van der Waals surface area contributed by atoms with Crippen LogP contribution in [0.1, 0.15) is 24.4 Å². The molecule has 5 nitrogen and oxygen atoms in total. The summed E-state index contributed by atoms with van der Waals surface area (Å²) in [6.07, 6.45) is 0.823. The minimum atomic E-state index is -0.728. The van der Waals surface area contributed by atoms with E-state index < -0.39 is 6.10 Å². The highest BCUT2D eigenvalue weighted by atomic mass is 127. The van der Waals surface area contributed by atoms with Crippen LogP contribution in [0.2, 0.25) is 0 Å². The average molecular weight is 429 g/mol. The van der Waals surface area contributed by atoms with Crippen LogP contribution in [-0.4, -0.2) is 36.1 Å². The predicted octanol–water partition coefficient (Wildman–Crippen LogP) is 3.03. The zero-order chi connectivity index (χ0) is 15.8. The highest BCUT2D eigenvalue weighted by Crippen LogP contribution is 2.13. The van der Waals surface area contributed by atoms with Gasteiger partial charge in [-0.15, -0.1) is 24.0 Å². The molecule has 23 heavy (non-hydrogen) atoms. The van der Waals surface area contributed by atoms with Gasteiger partial charge in [0.1, 0.15) is 11.9 Å². The number of aliphatic hydroxyl groups is 1. The predicted molar refractivity (Wildman–Crippen MR) is 103 cm³/mol. The molecule has 0 aliphatic rings. The van der Waals surface area contributed by atoms with Crippen molar-refractivity contribution in [3.05, 3.63) is 60.1 Å². The largest absolute Gasteiger partial charge is 0.467 e. The average Bonchev–Trinajstić information content (AvgIpc) is 3.06. The molecular formula is C17H24IN3O2. The summed E-state index contributed by atoms with van der Waals surface area (Å²) >= 11 is 0. The van der Waals surface area contributed by atoms with Crippen LogP contribution < -0.4 is 5.32 Å². The molecule has 2 aromatic rings. The lowest BCUT2D eigenvalue weighted by Gasteiger charge is -2.22. The van der Waals surface area contributed by atoms with Crippen LogP contribution in [0, 0.1) is 0 Å². The van der Waals surface area contributed by atoms with E-state index in [9.17, 15) is 5.11 Å². The van der Waals surface area contributed by atoms with Crippen LogP contribution >= 0.6 is 24.0 Å². The first kappa shape index (κ1) is 19.5. The zero-order valence-electron chi connectivity index (χ0n) is 13.5. The molecule has 0 aliphatic carbocycles. The van der Waals surface area contributed by atoms with Crippen molar-refractivity contribution >= 4 is 29.9 Å². The molecule has 0 radical (unpaired) electrons. The van der Waals surface area contributed by atoms with Crippen molar-refractivity contribution in [2.75, 3.05) is 20.1 Å². The van der Waals surface area contributed by atoms with Crippen molar-refractivity contribution in [2.45, 2.75) is 19.6 Å². The van der Waals surface area contributed by atoms with Gasteiger partial charge in [-0.1, -0.05) is 30.3 Å². The van der Waals surface area contributed by atoms with Crippen molar-refractivity contribution in [2.24, 2.45) is 4.99 Å². The van der Waals surface area contributed by atoms with Crippen LogP contribution in [0.5, 0.6) is 0 Å². The van der Waals surface area contributed by atoms with E-state index in [1.165, 1.54) is 5.56 Å². The lowest BCUT2D eigenvalue weighted by atomic mass is 10.2. The van der Waals surface area contributed by atoms with Gasteiger partial charge in [-0.25, -0.2) is 4.99 Å². The summed E-state index contributed by atoms with van der Waals surface area (Å²) in [6.45, 7) is 3.81. The van der Waals surface area contributed by atoms with Crippen molar-refractivity contribution in [1.82, 2.24) is 10.2 Å². The normalized spacial score (nSPS) is 12.4. The van der Waals surface area contributed by atoms with E-state index in [1.807, 2.05) is 37.1 Å². The van der Waals surface area contributed by atoms with E-state index in [0.29, 0.717) is 5.76 Å². The quantitative estimate of drug-likeness (QED) is 0.421. The van der Waals surface area contributed by atoms with Gasteiger partial charge in [0.25, 0.3) is 0 Å². The summed E-state index contributed by atoms with van der Waals surface area (Å²) in [7, 11) is 1.98. The van der Waals surface area contributed by atoms with E-state index in [4.69, 9.17) is 4.42 Å². The Labute approximate surface area is 154 Å². The highest BCUT2D eigenvalue weighted by Gasteiger charge is 2.12. The fraction of sp³-hybridized carbons (Fsp3) is 0.353. The van der Waals surface area contributed by atoms with Gasteiger partial charge in [-0.2, -0.15) is 0 Å². The van der Waals surface area contributed by atoms with Gasteiger partial charge in [-0.05, 0) is 24.6 Å². The molecule has 126 valence electrons. The molecule has 2 rings (SSSR count). The Morgan fingerprint density at radius 2 is 2.00 bits per heavy atom. The monoisotopic (exact) mass is 429 g/mol. The number of furan rings is 1. The molecule has 2 N–H and O–H groups in total. The van der Waals surface area contributed by atoms with Crippen LogP contribution in [0.15, 0.2) is 58.1 Å². The summed E-state index contributed by atoms with van der Waals surface area (Å²) in [5, 5.41) is 13.3. The molecule has 0 bridgehead atoms. The van der Waals surface area contributed by atoms with E-state index in [2.05, 4.69) is 22.4 Å². The van der Waals surface area contributed by atoms with Gasteiger partial charge >= 0.3 is 0 Å². The van der Waals surface area contributed by atoms with Gasteiger partial charge in [0.05, 0.1) is 12.8 Å². The van der Waals surface area contributed by atoms with Crippen molar-refractivity contribution < 1.29 is 9.52 Å². The summed E-state index contributed by atoms with van der Waals surface area (Å²) in [4.78, 5) is 6.52. The van der Waals surface area contributed by atoms with Crippen molar-refractivity contribution in [3.8, 4) is 0 Å². The number of hydrogen-bond donors (Lipinski definition) is 2. The second kappa shape index (κ2) is 10.3. The fourth-order valence-corrected chi connectivity index (χ4v) is 2.15. The molecule has 0 saturated carbocycles. The van der Waals surface area contributed by atoms with Gasteiger partial charge in [0.15, 0.2) is 5.96 Å². The Balaban J connectivity index is 0.00000264. The SMILES string of the molecule is CCNC(=NCC(O)c1ccco1)N(C)Cc1ccccc1.I. The summed E-state index contributed by atoms with van der Waals surface area (Å²) in [5.41, 5.74) is 1.21. The molecule has 0 fully saturated rings. The fourth-order valence-electron chi connectivity index (χ4n) is 2.15. The van der Waals surface area contributed by atoms with Gasteiger partial charge < -0.3 is 19.7 Å². The molecular weight excluding hydrogens is 405 g/mol. The highest BCUT2D eigenvalue weighted by molar-refractivity contribution is 14.0. The number of rotatable bonds is 6. The number of aliphatic hydroxyl groups excluding tert-OH is 1. The number of halogens is 1. The van der Waals surface area contributed by atoms with E-state index in [1.54, 1.807) is 18.4 Å². The van der Waals surface area contributed by atoms with Crippen LogP contribution in [0.3, 0.4) is 0 Å². The lowest BCUT2D eigenvalue weighted by molar-refractivity contribution is 0.158. The van der Waals surface area contributed by atoms with E-state index >= 15 is 0 Å². The molecule has 6 heteroatoms. The molecule has 1 heterocycles. The third kappa shape index (κ3) is 6.23. The Hall–Kier alpha value is -1.54. The van der Waals surface area contributed by atoms with Crippen molar-refractivity contribution in [3.63, 3.8) is 0 Å². The number of benzene rings is 1. The van der Waals surface area contributed by atoms with Crippen LogP contribution in [0.25, 0.3) is 0 Å². The topological polar surface area (TPSA) is 61.0 Å². The van der Waals surface area contributed by atoms with Crippen LogP contribution in [-0.2, 0) is 6.54 Å². The maximum absolute atomic E-state index is 10.1. The first-order valence-corrected chi connectivity index (χ1v) is 7.45. The standard InChI is InChI=1S/C17H23N3O2.HI/c1-3-18-17(19-12-15(21)16-10-7-11-22-16)20(2)13-14-8-5-4-6-9-14;/h4-11,15,21H,3,12-13H2,1-2H3,(H,18,19);1H. The summed E-state index contributed by atoms with van der Waals surface area (Å²) in [6, 6.07) is 13.7. The second-order valence-electron chi connectivity index (χ2n) is 5.07. The zero-order valence-corrected chi connectivity index (χ0v) is 15.8. The van der Waals surface area contributed by atoms with E-state index in [-0.39, 0.29) is 30.5 Å². The first-order valence-electron chi connectivity index (χ1n) is 7.45. The Kier molecular flexibility index (Phi) is 8.71. The molecule has 0 spiro atoms. The molecule has 0 saturated heterocycles. The number of aliphatic imine (C=N–C) groups is 1. The Morgan fingerprint density at radius 3 is 2.61 bits per heavy atom. The Morgan fingerprint density at radius 1 is 1.26 bits per heavy atom. The second-order valence-corrected chi connectivity index (χ2v) is 5.07. The number of nitrogens with one attached hydrogen (secondary N) is 1. The third-order valence-electron chi connectivity index (χ3n) is 3.24. The smallest absolute Gasteiger partial charge is 0.194 e. The molecule has 1 atom stereocenters. The molecule has 0 aliphatic heterocycles. The number of guanidine groups is 1. The molecule has 1 aromatic carbocycles. The summed E-state index contributed by atoms with van der Waals surface area (Å²) in [5.74, 6) is 1.29. The number of nitrogens with zero attached hydrogens (tertiary/aromatic N) is 2. The minimum absolute atomic E-state index is 0. The third-order valence-corrected chi connectivity index (χ3v) is 3.24. The maximum Gasteiger partial charge on any atom is 0.194 e.